The standard InChI is InChI=1S/C19H20N4O5S2/c1-29(25,26)22-16(19-20-14-4-2-3-5-15(14)21-19)10-12-6-8-13(9-7-12)17-11-18(24)23-30(17,27)28/h2-9,16-17,22H,10-11H2,1H3,(H,20,21)(H,23,24)/t16-,17-/m0/s1. The van der Waals surface area contributed by atoms with Crippen molar-refractivity contribution in [1.29, 1.82) is 0 Å². The van der Waals surface area contributed by atoms with Crippen molar-refractivity contribution >= 4 is 37.0 Å². The van der Waals surface area contributed by atoms with Crippen molar-refractivity contribution < 1.29 is 21.6 Å². The molecule has 0 spiro atoms. The number of H-pyrrole nitrogens is 1. The van der Waals surface area contributed by atoms with Crippen LogP contribution in [0, 0.1) is 0 Å². The number of hydrogen-bond donors (Lipinski definition) is 3. The largest absolute Gasteiger partial charge is 0.341 e. The molecule has 0 radical (unpaired) electrons. The number of aromatic amines is 1. The summed E-state index contributed by atoms with van der Waals surface area (Å²) in [5.74, 6) is -0.0368. The van der Waals surface area contributed by atoms with Crippen LogP contribution in [-0.2, 0) is 31.3 Å². The van der Waals surface area contributed by atoms with Crippen LogP contribution in [0.4, 0.5) is 0 Å². The lowest BCUT2D eigenvalue weighted by Gasteiger charge is -2.16. The van der Waals surface area contributed by atoms with Crippen molar-refractivity contribution in [1.82, 2.24) is 19.4 Å². The number of hydrogen-bond acceptors (Lipinski definition) is 6. The summed E-state index contributed by atoms with van der Waals surface area (Å²) in [6.45, 7) is 0. The molecule has 3 aromatic rings. The molecule has 2 atom stereocenters. The number of sulfonamides is 2. The summed E-state index contributed by atoms with van der Waals surface area (Å²) >= 11 is 0. The first-order valence-corrected chi connectivity index (χ1v) is 12.6. The smallest absolute Gasteiger partial charge is 0.242 e. The summed E-state index contributed by atoms with van der Waals surface area (Å²) in [7, 11) is -7.22. The van der Waals surface area contributed by atoms with E-state index >= 15 is 0 Å². The van der Waals surface area contributed by atoms with Gasteiger partial charge >= 0.3 is 0 Å². The van der Waals surface area contributed by atoms with Gasteiger partial charge in [-0.15, -0.1) is 0 Å². The van der Waals surface area contributed by atoms with Gasteiger partial charge in [-0.2, -0.15) is 0 Å². The third kappa shape index (κ3) is 4.37. The van der Waals surface area contributed by atoms with Crippen LogP contribution in [0.2, 0.25) is 0 Å². The normalized spacial score (nSPS) is 19.6. The van der Waals surface area contributed by atoms with E-state index in [0.29, 0.717) is 17.8 Å². The van der Waals surface area contributed by atoms with Crippen LogP contribution in [0.1, 0.15) is 34.7 Å². The maximum atomic E-state index is 12.0. The Bertz CT molecular complexity index is 1280. The van der Waals surface area contributed by atoms with Gasteiger partial charge in [-0.3, -0.25) is 9.52 Å². The molecule has 2 heterocycles. The highest BCUT2D eigenvalue weighted by Crippen LogP contribution is 2.30. The molecule has 0 saturated carbocycles. The van der Waals surface area contributed by atoms with Gasteiger partial charge in [0.25, 0.3) is 0 Å². The molecule has 4 rings (SSSR count). The van der Waals surface area contributed by atoms with Gasteiger partial charge in [0.2, 0.25) is 26.0 Å². The van der Waals surface area contributed by atoms with Crippen LogP contribution in [-0.4, -0.2) is 39.0 Å². The molecule has 1 amide bonds. The topological polar surface area (TPSA) is 138 Å². The zero-order valence-electron chi connectivity index (χ0n) is 16.0. The zero-order valence-corrected chi connectivity index (χ0v) is 17.6. The maximum Gasteiger partial charge on any atom is 0.242 e. The molecule has 1 fully saturated rings. The Balaban J connectivity index is 1.61. The van der Waals surface area contributed by atoms with Gasteiger partial charge in [0.05, 0.1) is 29.8 Å². The summed E-state index contributed by atoms with van der Waals surface area (Å²) in [5.41, 5.74) is 2.82. The number of nitrogens with zero attached hydrogens (tertiary/aromatic N) is 1. The van der Waals surface area contributed by atoms with Gasteiger partial charge in [-0.1, -0.05) is 36.4 Å². The van der Waals surface area contributed by atoms with Crippen LogP contribution in [0.5, 0.6) is 0 Å². The monoisotopic (exact) mass is 448 g/mol. The molecule has 1 aliphatic rings. The lowest BCUT2D eigenvalue weighted by atomic mass is 10.0. The quantitative estimate of drug-likeness (QED) is 0.519. The Morgan fingerprint density at radius 2 is 1.87 bits per heavy atom. The average Bonchev–Trinajstić information content (AvgIpc) is 3.20. The Labute approximate surface area is 174 Å². The molecule has 11 heteroatoms. The average molecular weight is 449 g/mol. The Morgan fingerprint density at radius 1 is 1.17 bits per heavy atom. The number of carbonyl (C=O) groups is 1. The van der Waals surface area contributed by atoms with Crippen molar-refractivity contribution in [2.24, 2.45) is 0 Å². The van der Waals surface area contributed by atoms with Crippen molar-refractivity contribution in [3.8, 4) is 0 Å². The Morgan fingerprint density at radius 3 is 2.47 bits per heavy atom. The number of carbonyl (C=O) groups excluding carboxylic acids is 1. The van der Waals surface area contributed by atoms with E-state index in [1.54, 1.807) is 24.3 Å². The maximum absolute atomic E-state index is 12.0. The first-order valence-electron chi connectivity index (χ1n) is 9.16. The fourth-order valence-corrected chi connectivity index (χ4v) is 5.68. The predicted octanol–water partition coefficient (Wildman–Crippen LogP) is 1.29. The molecule has 30 heavy (non-hydrogen) atoms. The van der Waals surface area contributed by atoms with Gasteiger partial charge in [0.1, 0.15) is 11.1 Å². The van der Waals surface area contributed by atoms with E-state index in [1.165, 1.54) is 0 Å². The summed E-state index contributed by atoms with van der Waals surface area (Å²) in [5, 5.41) is -0.917. The molecule has 0 aliphatic carbocycles. The molecule has 2 aromatic carbocycles. The highest BCUT2D eigenvalue weighted by atomic mass is 32.2. The Hall–Kier alpha value is -2.76. The molecular formula is C19H20N4O5S2. The number of fused-ring (bicyclic) bond motifs is 1. The lowest BCUT2D eigenvalue weighted by molar-refractivity contribution is -0.118. The second-order valence-corrected chi connectivity index (χ2v) is 10.9. The SMILES string of the molecule is CS(=O)(=O)N[C@@H](Cc1ccc([C@@H]2CC(=O)NS2(=O)=O)cc1)c1nc2ccccc2[nH]1. The molecule has 1 aliphatic heterocycles. The van der Waals surface area contributed by atoms with E-state index in [-0.39, 0.29) is 6.42 Å². The summed E-state index contributed by atoms with van der Waals surface area (Å²) in [4.78, 5) is 19.1. The minimum absolute atomic E-state index is 0.112. The van der Waals surface area contributed by atoms with E-state index in [4.69, 9.17) is 0 Å². The van der Waals surface area contributed by atoms with Crippen LogP contribution in [0.25, 0.3) is 11.0 Å². The fraction of sp³-hybridized carbons (Fsp3) is 0.263. The van der Waals surface area contributed by atoms with Gasteiger partial charge in [0, 0.05) is 0 Å². The van der Waals surface area contributed by atoms with Crippen LogP contribution in [0.15, 0.2) is 48.5 Å². The minimum Gasteiger partial charge on any atom is -0.341 e. The minimum atomic E-state index is -3.71. The predicted molar refractivity (Wildman–Crippen MR) is 111 cm³/mol. The lowest BCUT2D eigenvalue weighted by Crippen LogP contribution is -2.29. The molecule has 158 valence electrons. The van der Waals surface area contributed by atoms with Gasteiger partial charge in [-0.05, 0) is 29.7 Å². The highest BCUT2D eigenvalue weighted by Gasteiger charge is 2.37. The third-order valence-electron chi connectivity index (χ3n) is 4.89. The number of amides is 1. The number of nitrogens with one attached hydrogen (secondary N) is 3. The number of para-hydroxylation sites is 2. The molecule has 1 aromatic heterocycles. The highest BCUT2D eigenvalue weighted by molar-refractivity contribution is 7.90. The molecule has 0 bridgehead atoms. The molecular weight excluding hydrogens is 428 g/mol. The van der Waals surface area contributed by atoms with Gasteiger partial charge < -0.3 is 4.98 Å². The van der Waals surface area contributed by atoms with Gasteiger partial charge in [0.15, 0.2) is 0 Å². The van der Waals surface area contributed by atoms with Crippen molar-refractivity contribution in [2.75, 3.05) is 6.26 Å². The second kappa shape index (κ2) is 7.49. The van der Waals surface area contributed by atoms with Crippen molar-refractivity contribution in [2.45, 2.75) is 24.1 Å². The zero-order chi connectivity index (χ0) is 21.5. The van der Waals surface area contributed by atoms with Crippen LogP contribution in [0.3, 0.4) is 0 Å². The van der Waals surface area contributed by atoms with Crippen LogP contribution < -0.4 is 9.44 Å². The first-order chi connectivity index (χ1) is 14.1. The number of imidazole rings is 1. The van der Waals surface area contributed by atoms with Crippen molar-refractivity contribution in [3.63, 3.8) is 0 Å². The third-order valence-corrected chi connectivity index (χ3v) is 7.30. The number of benzene rings is 2. The fourth-order valence-electron chi connectivity index (χ4n) is 3.54. The summed E-state index contributed by atoms with van der Waals surface area (Å²) in [6, 6.07) is 13.5. The van der Waals surface area contributed by atoms with E-state index < -0.39 is 37.2 Å². The number of aromatic nitrogens is 2. The molecule has 3 N–H and O–H groups in total. The van der Waals surface area contributed by atoms with E-state index in [0.717, 1.165) is 22.9 Å². The number of rotatable bonds is 6. The van der Waals surface area contributed by atoms with E-state index in [9.17, 15) is 21.6 Å². The molecule has 1 saturated heterocycles. The summed E-state index contributed by atoms with van der Waals surface area (Å²) in [6.07, 6.45) is 1.28. The van der Waals surface area contributed by atoms with Crippen molar-refractivity contribution in [3.05, 3.63) is 65.5 Å². The first kappa shape index (κ1) is 20.5. The molecule has 9 nitrogen and oxygen atoms in total. The molecule has 0 unspecified atom stereocenters. The Kier molecular flexibility index (Phi) is 5.12. The second-order valence-electron chi connectivity index (χ2n) is 7.29. The van der Waals surface area contributed by atoms with E-state index in [1.807, 2.05) is 29.0 Å². The summed E-state index contributed by atoms with van der Waals surface area (Å²) < 4.78 is 52.5. The van der Waals surface area contributed by atoms with Crippen LogP contribution >= 0.6 is 0 Å². The van der Waals surface area contributed by atoms with Gasteiger partial charge in [-0.25, -0.2) is 26.5 Å². The van der Waals surface area contributed by atoms with E-state index in [2.05, 4.69) is 14.7 Å².